The molecule has 7 nitrogen and oxygen atoms in total. The van der Waals surface area contributed by atoms with Gasteiger partial charge in [-0.1, -0.05) is 0 Å². The molecule has 0 aromatic heterocycles. The Balaban J connectivity index is 1.84. The molecule has 0 saturated carbocycles. The molecule has 2 rings (SSSR count). The van der Waals surface area contributed by atoms with Crippen LogP contribution < -0.4 is 0 Å². The van der Waals surface area contributed by atoms with Crippen LogP contribution >= 0.6 is 0 Å². The first kappa shape index (κ1) is 18.2. The Hall–Kier alpha value is -1.15. The third-order valence-corrected chi connectivity index (χ3v) is 5.78. The molecule has 0 bridgehead atoms. The van der Waals surface area contributed by atoms with Gasteiger partial charge in [0.15, 0.2) is 0 Å². The highest BCUT2D eigenvalue weighted by atomic mass is 32.2. The number of carbonyl (C=O) groups is 2. The lowest BCUT2D eigenvalue weighted by Crippen LogP contribution is -2.44. The van der Waals surface area contributed by atoms with Crippen molar-refractivity contribution in [1.29, 1.82) is 0 Å². The summed E-state index contributed by atoms with van der Waals surface area (Å²) >= 11 is 0. The lowest BCUT2D eigenvalue weighted by atomic mass is 9.77. The van der Waals surface area contributed by atoms with Crippen LogP contribution in [0.25, 0.3) is 0 Å². The van der Waals surface area contributed by atoms with Crippen LogP contribution in [0, 0.1) is 5.41 Å². The summed E-state index contributed by atoms with van der Waals surface area (Å²) in [5.74, 6) is -0.0405. The fourth-order valence-electron chi connectivity index (χ4n) is 3.38. The number of rotatable bonds is 6. The number of hydrogen-bond donors (Lipinski definition) is 0. The zero-order chi connectivity index (χ0) is 17.1. The van der Waals surface area contributed by atoms with Crippen molar-refractivity contribution < 1.29 is 22.7 Å². The second kappa shape index (κ2) is 7.17. The molecule has 0 atom stereocenters. The highest BCUT2D eigenvalue weighted by Crippen LogP contribution is 2.40. The van der Waals surface area contributed by atoms with Gasteiger partial charge in [-0.3, -0.25) is 9.59 Å². The molecule has 0 aliphatic carbocycles. The van der Waals surface area contributed by atoms with Crippen molar-refractivity contribution >= 4 is 21.7 Å². The molecule has 8 heteroatoms. The van der Waals surface area contributed by atoms with Gasteiger partial charge in [-0.15, -0.1) is 0 Å². The monoisotopic (exact) mass is 346 g/mol. The Labute approximate surface area is 137 Å². The van der Waals surface area contributed by atoms with Gasteiger partial charge >= 0.3 is 0 Å². The number of methoxy groups -OCH3 is 1. The maximum atomic E-state index is 12.1. The minimum absolute atomic E-state index is 0.0293. The molecule has 0 radical (unpaired) electrons. The molecule has 2 fully saturated rings. The second-order valence-corrected chi connectivity index (χ2v) is 9.01. The van der Waals surface area contributed by atoms with E-state index in [1.165, 1.54) is 0 Å². The smallest absolute Gasteiger partial charge is 0.223 e. The number of amides is 2. The number of piperidine rings is 1. The van der Waals surface area contributed by atoms with E-state index in [0.717, 1.165) is 25.6 Å². The summed E-state index contributed by atoms with van der Waals surface area (Å²) in [7, 11) is -1.49. The van der Waals surface area contributed by atoms with Crippen molar-refractivity contribution in [2.45, 2.75) is 25.7 Å². The van der Waals surface area contributed by atoms with E-state index in [9.17, 15) is 18.0 Å². The van der Waals surface area contributed by atoms with Gasteiger partial charge in [-0.2, -0.15) is 0 Å². The van der Waals surface area contributed by atoms with E-state index >= 15 is 0 Å². The van der Waals surface area contributed by atoms with Crippen LogP contribution in [0.3, 0.4) is 0 Å². The molecule has 23 heavy (non-hydrogen) atoms. The highest BCUT2D eigenvalue weighted by molar-refractivity contribution is 7.90. The molecule has 2 aliphatic heterocycles. The van der Waals surface area contributed by atoms with Crippen LogP contribution in [0.4, 0.5) is 0 Å². The van der Waals surface area contributed by atoms with Crippen LogP contribution in [-0.4, -0.2) is 81.9 Å². The van der Waals surface area contributed by atoms with Crippen LogP contribution in [0.1, 0.15) is 25.7 Å². The molecule has 2 saturated heterocycles. The average molecular weight is 346 g/mol. The first-order valence-electron chi connectivity index (χ1n) is 7.97. The third-order valence-electron chi connectivity index (χ3n) is 4.83. The maximum Gasteiger partial charge on any atom is 0.223 e. The molecule has 2 heterocycles. The SMILES string of the molecule is COCCN1CC2(CCN(C(=O)CCS(C)(=O)=O)CC2)CC1=O. The van der Waals surface area contributed by atoms with E-state index in [1.54, 1.807) is 12.0 Å². The Morgan fingerprint density at radius 2 is 1.96 bits per heavy atom. The van der Waals surface area contributed by atoms with Crippen molar-refractivity contribution in [2.75, 3.05) is 51.9 Å². The average Bonchev–Trinajstić information content (AvgIpc) is 2.78. The van der Waals surface area contributed by atoms with Gasteiger partial charge in [-0.05, 0) is 12.8 Å². The fraction of sp³-hybridized carbons (Fsp3) is 0.867. The molecule has 132 valence electrons. The van der Waals surface area contributed by atoms with Gasteiger partial charge < -0.3 is 14.5 Å². The molecular weight excluding hydrogens is 320 g/mol. The highest BCUT2D eigenvalue weighted by Gasteiger charge is 2.45. The van der Waals surface area contributed by atoms with E-state index in [4.69, 9.17) is 4.74 Å². The molecule has 2 amide bonds. The standard InChI is InChI=1S/C15H26N2O5S/c1-22-9-8-17-12-15(11-14(17)19)4-6-16(7-5-15)13(18)3-10-23(2,20)21/h3-12H2,1-2H3. The Morgan fingerprint density at radius 3 is 2.52 bits per heavy atom. The molecule has 0 aromatic rings. The van der Waals surface area contributed by atoms with E-state index in [0.29, 0.717) is 32.7 Å². The summed E-state index contributed by atoms with van der Waals surface area (Å²) in [4.78, 5) is 27.8. The summed E-state index contributed by atoms with van der Waals surface area (Å²) in [6, 6.07) is 0. The van der Waals surface area contributed by atoms with E-state index in [1.807, 2.05) is 4.90 Å². The number of carbonyl (C=O) groups excluding carboxylic acids is 2. The summed E-state index contributed by atoms with van der Waals surface area (Å²) < 4.78 is 27.3. The van der Waals surface area contributed by atoms with Crippen molar-refractivity contribution in [3.63, 3.8) is 0 Å². The quantitative estimate of drug-likeness (QED) is 0.671. The molecule has 0 aromatic carbocycles. The largest absolute Gasteiger partial charge is 0.383 e. The van der Waals surface area contributed by atoms with Gasteiger partial charge in [0.25, 0.3) is 0 Å². The minimum atomic E-state index is -3.11. The summed E-state index contributed by atoms with van der Waals surface area (Å²) in [6.45, 7) is 3.11. The third kappa shape index (κ3) is 4.91. The minimum Gasteiger partial charge on any atom is -0.383 e. The Bertz CT molecular complexity index is 552. The fourth-order valence-corrected chi connectivity index (χ4v) is 3.93. The second-order valence-electron chi connectivity index (χ2n) is 6.75. The number of likely N-dealkylation sites (tertiary alicyclic amines) is 2. The van der Waals surface area contributed by atoms with Crippen molar-refractivity contribution in [2.24, 2.45) is 5.41 Å². The van der Waals surface area contributed by atoms with Gasteiger partial charge in [0.05, 0.1) is 12.4 Å². The zero-order valence-corrected chi connectivity index (χ0v) is 14.7. The van der Waals surface area contributed by atoms with E-state index in [-0.39, 0.29) is 29.4 Å². The Kier molecular flexibility index (Phi) is 5.67. The van der Waals surface area contributed by atoms with Gasteiger partial charge in [0, 0.05) is 57.8 Å². The van der Waals surface area contributed by atoms with Crippen molar-refractivity contribution in [3.8, 4) is 0 Å². The summed E-state index contributed by atoms with van der Waals surface area (Å²) in [6.07, 6.45) is 3.33. The van der Waals surface area contributed by atoms with Crippen LogP contribution in [0.15, 0.2) is 0 Å². The number of ether oxygens (including phenoxy) is 1. The topological polar surface area (TPSA) is 84.0 Å². The number of nitrogens with zero attached hydrogens (tertiary/aromatic N) is 2. The van der Waals surface area contributed by atoms with Gasteiger partial charge in [0.1, 0.15) is 9.84 Å². The lowest BCUT2D eigenvalue weighted by molar-refractivity contribution is -0.133. The molecule has 0 N–H and O–H groups in total. The Morgan fingerprint density at radius 1 is 1.30 bits per heavy atom. The lowest BCUT2D eigenvalue weighted by Gasteiger charge is -2.38. The van der Waals surface area contributed by atoms with Gasteiger partial charge in [-0.25, -0.2) is 8.42 Å². The van der Waals surface area contributed by atoms with Crippen LogP contribution in [0.2, 0.25) is 0 Å². The summed E-state index contributed by atoms with van der Waals surface area (Å²) in [5.41, 5.74) is -0.0293. The predicted molar refractivity (Wildman–Crippen MR) is 85.6 cm³/mol. The zero-order valence-electron chi connectivity index (χ0n) is 13.9. The maximum absolute atomic E-state index is 12.1. The van der Waals surface area contributed by atoms with Crippen molar-refractivity contribution in [3.05, 3.63) is 0 Å². The first-order valence-corrected chi connectivity index (χ1v) is 10.0. The van der Waals surface area contributed by atoms with Crippen LogP contribution in [0.5, 0.6) is 0 Å². The first-order chi connectivity index (χ1) is 10.7. The molecular formula is C15H26N2O5S. The molecule has 2 aliphatic rings. The predicted octanol–water partition coefficient (Wildman–Crippen LogP) is -0.0914. The number of sulfone groups is 1. The van der Waals surface area contributed by atoms with Crippen LogP contribution in [-0.2, 0) is 24.2 Å². The summed E-state index contributed by atoms with van der Waals surface area (Å²) in [5, 5.41) is 0. The molecule has 0 unspecified atom stereocenters. The molecule has 1 spiro atoms. The normalized spacial score (nSPS) is 21.2. The van der Waals surface area contributed by atoms with E-state index in [2.05, 4.69) is 0 Å². The number of hydrogen-bond acceptors (Lipinski definition) is 5. The van der Waals surface area contributed by atoms with Crippen molar-refractivity contribution in [1.82, 2.24) is 9.80 Å². The van der Waals surface area contributed by atoms with Gasteiger partial charge in [0.2, 0.25) is 11.8 Å². The van der Waals surface area contributed by atoms with E-state index < -0.39 is 9.84 Å².